The van der Waals surface area contributed by atoms with Crippen molar-refractivity contribution in [2.75, 3.05) is 0 Å². The summed E-state index contributed by atoms with van der Waals surface area (Å²) < 4.78 is 1.37. The van der Waals surface area contributed by atoms with E-state index < -0.39 is 0 Å². The van der Waals surface area contributed by atoms with Crippen molar-refractivity contribution < 1.29 is 4.79 Å². The molecule has 1 N–H and O–H groups in total. The molecule has 0 saturated heterocycles. The van der Waals surface area contributed by atoms with Crippen molar-refractivity contribution in [2.45, 2.75) is 39.7 Å². The number of hydrogen-bond acceptors (Lipinski definition) is 5. The number of hydrazone groups is 1. The molecule has 28 heavy (non-hydrogen) atoms. The van der Waals surface area contributed by atoms with Gasteiger partial charge in [0, 0.05) is 4.88 Å². The van der Waals surface area contributed by atoms with Gasteiger partial charge in [0.25, 0.3) is 11.5 Å². The van der Waals surface area contributed by atoms with Crippen LogP contribution < -0.4 is 11.0 Å². The van der Waals surface area contributed by atoms with E-state index in [0.29, 0.717) is 11.3 Å². The summed E-state index contributed by atoms with van der Waals surface area (Å²) in [5.74, 6) is 0.282. The fourth-order valence-corrected chi connectivity index (χ4v) is 4.84. The summed E-state index contributed by atoms with van der Waals surface area (Å²) in [7, 11) is 0. The summed E-state index contributed by atoms with van der Waals surface area (Å²) in [6.45, 7) is 4.14. The van der Waals surface area contributed by atoms with E-state index in [1.807, 2.05) is 31.2 Å². The number of carbonyl (C=O) groups is 1. The van der Waals surface area contributed by atoms with E-state index in [1.54, 1.807) is 17.6 Å². The van der Waals surface area contributed by atoms with Gasteiger partial charge in [0.05, 0.1) is 17.9 Å². The van der Waals surface area contributed by atoms with Gasteiger partial charge in [-0.05, 0) is 43.2 Å². The van der Waals surface area contributed by atoms with Crippen molar-refractivity contribution in [2.24, 2.45) is 11.0 Å². The molecule has 4 rings (SSSR count). The lowest BCUT2D eigenvalue weighted by Crippen LogP contribution is -2.30. The second-order valence-electron chi connectivity index (χ2n) is 7.41. The van der Waals surface area contributed by atoms with Gasteiger partial charge in [-0.15, -0.1) is 11.3 Å². The lowest BCUT2D eigenvalue weighted by molar-refractivity contribution is -0.121. The first-order valence-electron chi connectivity index (χ1n) is 9.39. The zero-order chi connectivity index (χ0) is 19.7. The quantitative estimate of drug-likeness (QED) is 0.546. The first-order valence-corrected chi connectivity index (χ1v) is 10.2. The molecule has 6 nitrogen and oxygen atoms in total. The molecule has 7 heteroatoms. The monoisotopic (exact) mass is 394 g/mol. The van der Waals surface area contributed by atoms with Crippen LogP contribution >= 0.6 is 11.3 Å². The number of amides is 1. The van der Waals surface area contributed by atoms with Crippen molar-refractivity contribution in [3.05, 3.63) is 62.5 Å². The molecule has 2 aromatic heterocycles. The predicted octanol–water partition coefficient (Wildman–Crippen LogP) is 3.04. The molecule has 0 spiro atoms. The summed E-state index contributed by atoms with van der Waals surface area (Å²) >= 11 is 1.61. The van der Waals surface area contributed by atoms with Gasteiger partial charge >= 0.3 is 0 Å². The highest BCUT2D eigenvalue weighted by molar-refractivity contribution is 7.18. The van der Waals surface area contributed by atoms with Crippen molar-refractivity contribution in [1.29, 1.82) is 0 Å². The van der Waals surface area contributed by atoms with Crippen LogP contribution in [0.2, 0.25) is 0 Å². The van der Waals surface area contributed by atoms with Crippen LogP contribution in [0.3, 0.4) is 0 Å². The highest BCUT2D eigenvalue weighted by atomic mass is 32.1. The van der Waals surface area contributed by atoms with Crippen molar-refractivity contribution in [3.63, 3.8) is 0 Å². The fraction of sp³-hybridized carbons (Fsp3) is 0.333. The SMILES string of the molecule is Cc1ccc(C=NNC(=O)Cn2cnc3sc4c(c3c2=O)CCC(C)C4)cc1. The lowest BCUT2D eigenvalue weighted by atomic mass is 9.89. The third-order valence-electron chi connectivity index (χ3n) is 5.08. The van der Waals surface area contributed by atoms with E-state index >= 15 is 0 Å². The number of hydrogen-bond donors (Lipinski definition) is 1. The molecule has 3 aromatic rings. The van der Waals surface area contributed by atoms with Gasteiger partial charge in [-0.25, -0.2) is 10.4 Å². The first kappa shape index (κ1) is 18.6. The normalized spacial score (nSPS) is 16.4. The minimum absolute atomic E-state index is 0.103. The number of fused-ring (bicyclic) bond motifs is 3. The number of aryl methyl sites for hydroxylation is 2. The van der Waals surface area contributed by atoms with Gasteiger partial charge in [0.2, 0.25) is 0 Å². The number of nitrogens with zero attached hydrogens (tertiary/aromatic N) is 3. The molecule has 1 amide bonds. The van der Waals surface area contributed by atoms with Crippen LogP contribution in [-0.2, 0) is 24.2 Å². The van der Waals surface area contributed by atoms with E-state index in [-0.39, 0.29) is 18.0 Å². The summed E-state index contributed by atoms with van der Waals surface area (Å²) in [4.78, 5) is 31.6. The average molecular weight is 395 g/mol. The molecule has 0 bridgehead atoms. The molecule has 1 unspecified atom stereocenters. The van der Waals surface area contributed by atoms with Crippen LogP contribution in [0.25, 0.3) is 10.2 Å². The largest absolute Gasteiger partial charge is 0.289 e. The topological polar surface area (TPSA) is 76.3 Å². The lowest BCUT2D eigenvalue weighted by Gasteiger charge is -2.17. The summed E-state index contributed by atoms with van der Waals surface area (Å²) in [6, 6.07) is 7.81. The number of aromatic nitrogens is 2. The Morgan fingerprint density at radius 1 is 1.39 bits per heavy atom. The van der Waals surface area contributed by atoms with Gasteiger partial charge in [-0.3, -0.25) is 14.2 Å². The predicted molar refractivity (Wildman–Crippen MR) is 112 cm³/mol. The minimum Gasteiger partial charge on any atom is -0.289 e. The van der Waals surface area contributed by atoms with Gasteiger partial charge in [0.1, 0.15) is 11.4 Å². The van der Waals surface area contributed by atoms with E-state index in [0.717, 1.165) is 40.8 Å². The first-order chi connectivity index (χ1) is 13.5. The van der Waals surface area contributed by atoms with Crippen LogP contribution in [-0.4, -0.2) is 21.7 Å². The minimum atomic E-state index is -0.357. The Kier molecular flexibility index (Phi) is 5.09. The molecule has 1 aliphatic rings. The molecule has 144 valence electrons. The maximum Gasteiger partial charge on any atom is 0.262 e. The van der Waals surface area contributed by atoms with Crippen LogP contribution in [0.1, 0.15) is 34.9 Å². The molecule has 2 heterocycles. The van der Waals surface area contributed by atoms with Gasteiger partial charge in [-0.2, -0.15) is 5.10 Å². The highest BCUT2D eigenvalue weighted by Gasteiger charge is 2.23. The van der Waals surface area contributed by atoms with Crippen LogP contribution in [0.4, 0.5) is 0 Å². The summed E-state index contributed by atoms with van der Waals surface area (Å²) in [5.41, 5.74) is 5.52. The summed E-state index contributed by atoms with van der Waals surface area (Å²) in [5, 5.41) is 4.66. The zero-order valence-electron chi connectivity index (χ0n) is 15.9. The Morgan fingerprint density at radius 3 is 2.96 bits per heavy atom. The number of nitrogens with one attached hydrogen (secondary N) is 1. The number of rotatable bonds is 4. The standard InChI is InChI=1S/C21H22N4O2S/c1-13-3-6-15(7-4-13)10-23-24-18(26)11-25-12-22-20-19(21(25)27)16-8-5-14(2)9-17(16)28-20/h3-4,6-7,10,12,14H,5,8-9,11H2,1-2H3,(H,24,26). The third kappa shape index (κ3) is 3.75. The molecular formula is C21H22N4O2S. The zero-order valence-corrected chi connectivity index (χ0v) is 16.8. The van der Waals surface area contributed by atoms with E-state index in [9.17, 15) is 9.59 Å². The van der Waals surface area contributed by atoms with Crippen molar-refractivity contribution in [3.8, 4) is 0 Å². The Bertz CT molecular complexity index is 1110. The Morgan fingerprint density at radius 2 is 2.18 bits per heavy atom. The molecule has 0 saturated carbocycles. The van der Waals surface area contributed by atoms with Crippen molar-refractivity contribution in [1.82, 2.24) is 15.0 Å². The maximum absolute atomic E-state index is 12.9. The van der Waals surface area contributed by atoms with Gasteiger partial charge < -0.3 is 0 Å². The van der Waals surface area contributed by atoms with E-state index in [1.165, 1.54) is 15.8 Å². The molecule has 0 fully saturated rings. The van der Waals surface area contributed by atoms with Gasteiger partial charge in [-0.1, -0.05) is 36.8 Å². The van der Waals surface area contributed by atoms with E-state index in [4.69, 9.17) is 0 Å². The maximum atomic E-state index is 12.9. The number of thiophene rings is 1. The number of benzene rings is 1. The van der Waals surface area contributed by atoms with Crippen LogP contribution in [0.5, 0.6) is 0 Å². The Labute approximate surface area is 166 Å². The van der Waals surface area contributed by atoms with Crippen LogP contribution in [0.15, 0.2) is 40.5 Å². The second kappa shape index (κ2) is 7.67. The highest BCUT2D eigenvalue weighted by Crippen LogP contribution is 2.35. The fourth-order valence-electron chi connectivity index (χ4n) is 3.50. The van der Waals surface area contributed by atoms with Gasteiger partial charge in [0.15, 0.2) is 0 Å². The molecular weight excluding hydrogens is 372 g/mol. The number of carbonyl (C=O) groups excluding carboxylic acids is 1. The smallest absolute Gasteiger partial charge is 0.262 e. The van der Waals surface area contributed by atoms with Crippen LogP contribution in [0, 0.1) is 12.8 Å². The molecule has 1 aromatic carbocycles. The molecule has 1 atom stereocenters. The van der Waals surface area contributed by atoms with Crippen molar-refractivity contribution >= 4 is 33.7 Å². The molecule has 0 radical (unpaired) electrons. The Hall–Kier alpha value is -2.80. The third-order valence-corrected chi connectivity index (χ3v) is 6.24. The second-order valence-corrected chi connectivity index (χ2v) is 8.50. The Balaban J connectivity index is 1.50. The average Bonchev–Trinajstić information content (AvgIpc) is 3.04. The van der Waals surface area contributed by atoms with E-state index in [2.05, 4.69) is 22.4 Å². The molecule has 0 aliphatic heterocycles. The molecule has 1 aliphatic carbocycles. The summed E-state index contributed by atoms with van der Waals surface area (Å²) in [6.07, 6.45) is 6.03.